The van der Waals surface area contributed by atoms with Crippen molar-refractivity contribution in [1.29, 1.82) is 0 Å². The van der Waals surface area contributed by atoms with Gasteiger partial charge < -0.3 is 14.4 Å². The Morgan fingerprint density at radius 3 is 2.84 bits per heavy atom. The van der Waals surface area contributed by atoms with Crippen LogP contribution in [0.5, 0.6) is 0 Å². The third-order valence-corrected chi connectivity index (χ3v) is 4.61. The zero-order valence-electron chi connectivity index (χ0n) is 15.5. The molecule has 1 aliphatic heterocycles. The molecule has 25 heavy (non-hydrogen) atoms. The van der Waals surface area contributed by atoms with Crippen LogP contribution < -0.4 is 0 Å². The maximum atomic E-state index is 12.4. The quantitative estimate of drug-likeness (QED) is 0.490. The summed E-state index contributed by atoms with van der Waals surface area (Å²) in [6, 6.07) is 4.18. The van der Waals surface area contributed by atoms with Gasteiger partial charge in [0.1, 0.15) is 10.2 Å². The lowest BCUT2D eigenvalue weighted by Crippen LogP contribution is -2.46. The molecule has 1 amide bonds. The number of rotatable bonds is 6. The first-order valence-corrected chi connectivity index (χ1v) is 9.82. The number of halogens is 1. The molecule has 1 saturated heterocycles. The van der Waals surface area contributed by atoms with Crippen LogP contribution in [-0.2, 0) is 16.1 Å². The average Bonchev–Trinajstić information content (AvgIpc) is 2.55. The van der Waals surface area contributed by atoms with E-state index in [1.54, 1.807) is 0 Å². The Morgan fingerprint density at radius 2 is 2.16 bits per heavy atom. The van der Waals surface area contributed by atoms with Crippen LogP contribution in [0.15, 0.2) is 22.9 Å². The lowest BCUT2D eigenvalue weighted by atomic mass is 9.98. The van der Waals surface area contributed by atoms with Gasteiger partial charge in [-0.15, -0.1) is 0 Å². The summed E-state index contributed by atoms with van der Waals surface area (Å²) in [5, 5.41) is 0. The second-order valence-corrected chi connectivity index (χ2v) is 8.32. The summed E-state index contributed by atoms with van der Waals surface area (Å²) < 4.78 is 12.1. The highest BCUT2D eigenvalue weighted by atomic mass is 79.9. The van der Waals surface area contributed by atoms with Crippen molar-refractivity contribution in [2.45, 2.75) is 71.1 Å². The third-order valence-electron chi connectivity index (χ3n) is 4.14. The van der Waals surface area contributed by atoms with E-state index < -0.39 is 5.60 Å². The van der Waals surface area contributed by atoms with E-state index in [4.69, 9.17) is 9.47 Å². The molecule has 1 aliphatic rings. The zero-order chi connectivity index (χ0) is 18.3. The molecule has 1 aromatic heterocycles. The summed E-state index contributed by atoms with van der Waals surface area (Å²) in [6.45, 7) is 7.79. The van der Waals surface area contributed by atoms with Crippen LogP contribution >= 0.6 is 15.9 Å². The molecule has 0 aromatic carbocycles. The minimum Gasteiger partial charge on any atom is -0.444 e. The van der Waals surface area contributed by atoms with Crippen LogP contribution in [0.25, 0.3) is 0 Å². The molecular formula is C19H29BrN2O3. The van der Waals surface area contributed by atoms with E-state index in [9.17, 15) is 4.79 Å². The fourth-order valence-electron chi connectivity index (χ4n) is 2.96. The van der Waals surface area contributed by atoms with E-state index in [2.05, 4.69) is 20.9 Å². The number of hydrogen-bond acceptors (Lipinski definition) is 4. The number of piperidine rings is 1. The lowest BCUT2D eigenvalue weighted by molar-refractivity contribution is 0.00726. The van der Waals surface area contributed by atoms with Gasteiger partial charge in [0.25, 0.3) is 0 Å². The fourth-order valence-corrected chi connectivity index (χ4v) is 3.20. The van der Waals surface area contributed by atoms with Crippen molar-refractivity contribution < 1.29 is 14.3 Å². The van der Waals surface area contributed by atoms with Gasteiger partial charge in [-0.2, -0.15) is 0 Å². The Labute approximate surface area is 159 Å². The Bertz CT molecular complexity index is 543. The maximum Gasteiger partial charge on any atom is 0.410 e. The van der Waals surface area contributed by atoms with Crippen LogP contribution in [0.1, 0.15) is 58.4 Å². The number of amides is 1. The second kappa shape index (κ2) is 9.53. The molecule has 0 radical (unpaired) electrons. The van der Waals surface area contributed by atoms with E-state index in [0.29, 0.717) is 13.2 Å². The average molecular weight is 413 g/mol. The summed E-state index contributed by atoms with van der Waals surface area (Å²) in [6.07, 6.45) is 6.81. The van der Waals surface area contributed by atoms with Gasteiger partial charge in [-0.25, -0.2) is 9.78 Å². The van der Waals surface area contributed by atoms with Crippen LogP contribution in [-0.4, -0.2) is 40.8 Å². The molecule has 2 heterocycles. The van der Waals surface area contributed by atoms with Crippen LogP contribution in [0, 0.1) is 0 Å². The van der Waals surface area contributed by atoms with Gasteiger partial charge >= 0.3 is 6.09 Å². The number of hydrogen-bond donors (Lipinski definition) is 0. The van der Waals surface area contributed by atoms with Crippen LogP contribution in [0.3, 0.4) is 0 Å². The van der Waals surface area contributed by atoms with Crippen molar-refractivity contribution in [3.05, 3.63) is 28.5 Å². The Hall–Kier alpha value is -1.14. The first-order valence-electron chi connectivity index (χ1n) is 9.03. The third kappa shape index (κ3) is 7.32. The summed E-state index contributed by atoms with van der Waals surface area (Å²) in [4.78, 5) is 18.5. The normalized spacial score (nSPS) is 18.2. The van der Waals surface area contributed by atoms with E-state index in [-0.39, 0.29) is 12.1 Å². The Kier molecular flexibility index (Phi) is 7.69. The summed E-state index contributed by atoms with van der Waals surface area (Å²) >= 11 is 3.32. The van der Waals surface area contributed by atoms with Crippen molar-refractivity contribution in [2.24, 2.45) is 0 Å². The molecule has 0 bridgehead atoms. The largest absolute Gasteiger partial charge is 0.444 e. The van der Waals surface area contributed by atoms with Crippen molar-refractivity contribution >= 4 is 22.0 Å². The van der Waals surface area contributed by atoms with Gasteiger partial charge in [0.15, 0.2) is 0 Å². The number of ether oxygens (including phenoxy) is 2. The van der Waals surface area contributed by atoms with E-state index in [1.165, 1.54) is 6.42 Å². The molecule has 2 rings (SSSR count). The molecule has 0 unspecified atom stereocenters. The molecule has 6 heteroatoms. The molecule has 0 spiro atoms. The molecular weight excluding hydrogens is 384 g/mol. The number of carbonyl (C=O) groups excluding carboxylic acids is 1. The minimum atomic E-state index is -0.444. The Balaban J connectivity index is 1.72. The second-order valence-electron chi connectivity index (χ2n) is 7.51. The SMILES string of the molecule is CC(C)(C)OC(=O)N1CCCC[C@H]1CCCOCc1ccc(Br)nc1. The summed E-state index contributed by atoms with van der Waals surface area (Å²) in [7, 11) is 0. The number of likely N-dealkylation sites (tertiary alicyclic amines) is 1. The molecule has 5 nitrogen and oxygen atoms in total. The number of aromatic nitrogens is 1. The zero-order valence-corrected chi connectivity index (χ0v) is 17.0. The van der Waals surface area contributed by atoms with Crippen LogP contribution in [0.2, 0.25) is 0 Å². The first kappa shape index (κ1) is 20.2. The summed E-state index contributed by atoms with van der Waals surface area (Å²) in [5.41, 5.74) is 0.622. The lowest BCUT2D eigenvalue weighted by Gasteiger charge is -2.36. The van der Waals surface area contributed by atoms with Crippen molar-refractivity contribution in [2.75, 3.05) is 13.2 Å². The minimum absolute atomic E-state index is 0.181. The van der Waals surface area contributed by atoms with Gasteiger partial charge in [-0.1, -0.05) is 6.07 Å². The monoisotopic (exact) mass is 412 g/mol. The van der Waals surface area contributed by atoms with Gasteiger partial charge in [0.2, 0.25) is 0 Å². The van der Waals surface area contributed by atoms with Gasteiger partial charge in [0.05, 0.1) is 6.61 Å². The predicted molar refractivity (Wildman–Crippen MR) is 101 cm³/mol. The molecule has 0 N–H and O–H groups in total. The van der Waals surface area contributed by atoms with Gasteiger partial charge in [-0.3, -0.25) is 0 Å². The Morgan fingerprint density at radius 1 is 1.36 bits per heavy atom. The maximum absolute atomic E-state index is 12.4. The number of nitrogens with zero attached hydrogens (tertiary/aromatic N) is 2. The first-order chi connectivity index (χ1) is 11.8. The number of carbonyl (C=O) groups is 1. The van der Waals surface area contributed by atoms with E-state index in [0.717, 1.165) is 42.4 Å². The molecule has 0 aliphatic carbocycles. The van der Waals surface area contributed by atoms with E-state index >= 15 is 0 Å². The van der Waals surface area contributed by atoms with Gasteiger partial charge in [0, 0.05) is 25.4 Å². The fraction of sp³-hybridized carbons (Fsp3) is 0.684. The molecule has 1 atom stereocenters. The highest BCUT2D eigenvalue weighted by molar-refractivity contribution is 9.10. The summed E-state index contributed by atoms with van der Waals surface area (Å²) in [5.74, 6) is 0. The van der Waals surface area contributed by atoms with Crippen LogP contribution in [0.4, 0.5) is 4.79 Å². The molecule has 0 saturated carbocycles. The van der Waals surface area contributed by atoms with Crippen molar-refractivity contribution in [3.63, 3.8) is 0 Å². The van der Waals surface area contributed by atoms with E-state index in [1.807, 2.05) is 44.0 Å². The van der Waals surface area contributed by atoms with Gasteiger partial charge in [-0.05, 0) is 80.4 Å². The van der Waals surface area contributed by atoms with Crippen molar-refractivity contribution in [3.8, 4) is 0 Å². The molecule has 1 fully saturated rings. The topological polar surface area (TPSA) is 51.7 Å². The predicted octanol–water partition coefficient (Wildman–Crippen LogP) is 4.93. The molecule has 1 aromatic rings. The smallest absolute Gasteiger partial charge is 0.410 e. The molecule has 140 valence electrons. The standard InChI is InChI=1S/C19H29BrN2O3/c1-19(2,3)25-18(23)22-11-5-4-7-16(22)8-6-12-24-14-15-9-10-17(20)21-13-15/h9-10,13,16H,4-8,11-12,14H2,1-3H3/t16-/m0/s1. The highest BCUT2D eigenvalue weighted by Gasteiger charge is 2.29. The highest BCUT2D eigenvalue weighted by Crippen LogP contribution is 2.23. The van der Waals surface area contributed by atoms with Crippen molar-refractivity contribution in [1.82, 2.24) is 9.88 Å². The number of pyridine rings is 1.